The number of amides is 2. The Bertz CT molecular complexity index is 1750. The van der Waals surface area contributed by atoms with E-state index < -0.39 is 10.0 Å². The van der Waals surface area contributed by atoms with Crippen molar-refractivity contribution in [2.45, 2.75) is 30.8 Å². The number of benzene rings is 4. The van der Waals surface area contributed by atoms with E-state index in [2.05, 4.69) is 10.2 Å². The normalized spacial score (nSPS) is 13.6. The molecule has 9 heteroatoms. The van der Waals surface area contributed by atoms with E-state index in [4.69, 9.17) is 5.14 Å². The van der Waals surface area contributed by atoms with Crippen LogP contribution in [0.4, 0.5) is 0 Å². The van der Waals surface area contributed by atoms with Crippen molar-refractivity contribution in [3.8, 4) is 11.1 Å². The lowest BCUT2D eigenvalue weighted by molar-refractivity contribution is -0.127. The third kappa shape index (κ3) is 9.21. The molecule has 0 aliphatic carbocycles. The molecule has 3 N–H and O–H groups in total. The first-order chi connectivity index (χ1) is 21.7. The van der Waals surface area contributed by atoms with Gasteiger partial charge in [-0.2, -0.15) is 0 Å². The second-order valence-electron chi connectivity index (χ2n) is 11.2. The molecule has 45 heavy (non-hydrogen) atoms. The van der Waals surface area contributed by atoms with Gasteiger partial charge in [-0.05, 0) is 90.2 Å². The summed E-state index contributed by atoms with van der Waals surface area (Å²) < 4.78 is 23.4. The highest BCUT2D eigenvalue weighted by atomic mass is 32.2. The Balaban J connectivity index is 1.32. The minimum atomic E-state index is -3.82. The second kappa shape index (κ2) is 14.9. The number of primary sulfonamides is 1. The molecule has 2 amide bonds. The zero-order valence-electron chi connectivity index (χ0n) is 25.1. The van der Waals surface area contributed by atoms with Gasteiger partial charge in [0.05, 0.1) is 4.90 Å². The molecule has 0 bridgehead atoms. The van der Waals surface area contributed by atoms with Gasteiger partial charge in [-0.25, -0.2) is 13.6 Å². The Morgan fingerprint density at radius 3 is 2.18 bits per heavy atom. The monoisotopic (exact) mass is 622 g/mol. The zero-order valence-corrected chi connectivity index (χ0v) is 26.0. The van der Waals surface area contributed by atoms with Gasteiger partial charge >= 0.3 is 0 Å². The van der Waals surface area contributed by atoms with Crippen LogP contribution in [-0.2, 0) is 27.9 Å². The van der Waals surface area contributed by atoms with Gasteiger partial charge in [0.2, 0.25) is 15.9 Å². The van der Waals surface area contributed by atoms with Crippen LogP contribution in [0.1, 0.15) is 39.9 Å². The fourth-order valence-electron chi connectivity index (χ4n) is 5.40. The quantitative estimate of drug-likeness (QED) is 0.214. The summed E-state index contributed by atoms with van der Waals surface area (Å²) in [7, 11) is -3.82. The molecule has 1 saturated heterocycles. The third-order valence-electron chi connectivity index (χ3n) is 7.83. The van der Waals surface area contributed by atoms with Crippen LogP contribution in [0.2, 0.25) is 0 Å². The summed E-state index contributed by atoms with van der Waals surface area (Å²) in [6.45, 7) is 4.25. The van der Waals surface area contributed by atoms with E-state index in [1.165, 1.54) is 25.0 Å². The molecule has 4 aromatic rings. The highest BCUT2D eigenvalue weighted by Gasteiger charge is 2.16. The van der Waals surface area contributed by atoms with Gasteiger partial charge in [-0.15, -0.1) is 0 Å². The molecule has 1 aliphatic heterocycles. The van der Waals surface area contributed by atoms with Gasteiger partial charge in [0.1, 0.15) is 0 Å². The van der Waals surface area contributed by atoms with Crippen molar-refractivity contribution in [2.75, 3.05) is 26.2 Å². The first kappa shape index (κ1) is 31.8. The molecule has 0 radical (unpaired) electrons. The smallest absolute Gasteiger partial charge is 0.251 e. The molecule has 1 fully saturated rings. The van der Waals surface area contributed by atoms with Crippen LogP contribution in [0.15, 0.2) is 114 Å². The highest BCUT2D eigenvalue weighted by molar-refractivity contribution is 7.89. The van der Waals surface area contributed by atoms with Crippen LogP contribution >= 0.6 is 0 Å². The maximum Gasteiger partial charge on any atom is 0.251 e. The molecule has 0 atom stereocenters. The fourth-order valence-corrected chi connectivity index (χ4v) is 5.91. The molecule has 1 heterocycles. The molecular weight excluding hydrogens is 584 g/mol. The van der Waals surface area contributed by atoms with Gasteiger partial charge in [0, 0.05) is 37.8 Å². The standard InChI is InChI=1S/C36H38N4O4S/c37-45(43,44)34-17-14-29(15-18-34)26-40(35(41)19-16-28-8-2-1-3-9-28)27-30-10-6-11-31(24-30)32-12-7-13-33(25-32)36(42)38-20-23-39-21-4-5-22-39/h1-3,6-19,24-25H,4-5,20-23,26-27H2,(H,38,42)(H2,37,43,44). The van der Waals surface area contributed by atoms with E-state index in [0.29, 0.717) is 18.7 Å². The second-order valence-corrected chi connectivity index (χ2v) is 12.8. The van der Waals surface area contributed by atoms with Crippen molar-refractivity contribution in [3.05, 3.63) is 131 Å². The van der Waals surface area contributed by atoms with Crippen LogP contribution in [0, 0.1) is 0 Å². The van der Waals surface area contributed by atoms with Gasteiger partial charge in [0.25, 0.3) is 5.91 Å². The zero-order chi connectivity index (χ0) is 31.6. The van der Waals surface area contributed by atoms with Crippen LogP contribution in [-0.4, -0.2) is 56.2 Å². The average Bonchev–Trinajstić information content (AvgIpc) is 3.57. The predicted octanol–water partition coefficient (Wildman–Crippen LogP) is 5.07. The Morgan fingerprint density at radius 1 is 0.800 bits per heavy atom. The van der Waals surface area contributed by atoms with Crippen molar-refractivity contribution in [2.24, 2.45) is 5.14 Å². The van der Waals surface area contributed by atoms with Crippen molar-refractivity contribution in [1.29, 1.82) is 0 Å². The largest absolute Gasteiger partial charge is 0.351 e. The summed E-state index contributed by atoms with van der Waals surface area (Å²) in [5, 5.41) is 8.30. The summed E-state index contributed by atoms with van der Waals surface area (Å²) in [5.74, 6) is -0.282. The number of nitrogens with two attached hydrogens (primary N) is 1. The summed E-state index contributed by atoms with van der Waals surface area (Å²) in [5.41, 5.74) is 5.03. The lowest BCUT2D eigenvalue weighted by Crippen LogP contribution is -2.33. The molecular formula is C36H38N4O4S. The molecule has 232 valence electrons. The number of hydrogen-bond donors (Lipinski definition) is 2. The SMILES string of the molecule is NS(=O)(=O)c1ccc(CN(Cc2cccc(-c3cccc(C(=O)NCCN4CCCC4)c3)c2)C(=O)C=Cc2ccccc2)cc1. The number of sulfonamides is 1. The summed E-state index contributed by atoms with van der Waals surface area (Å²) in [6, 6.07) is 31.3. The molecule has 0 saturated carbocycles. The van der Waals surface area contributed by atoms with Gasteiger partial charge in [-0.3, -0.25) is 9.59 Å². The molecule has 1 aliphatic rings. The van der Waals surface area contributed by atoms with Crippen molar-refractivity contribution in [3.63, 3.8) is 0 Å². The fraction of sp³-hybridized carbons (Fsp3) is 0.222. The molecule has 5 rings (SSSR count). The topological polar surface area (TPSA) is 113 Å². The van der Waals surface area contributed by atoms with Crippen LogP contribution in [0.5, 0.6) is 0 Å². The van der Waals surface area contributed by atoms with Crippen LogP contribution in [0.3, 0.4) is 0 Å². The molecule has 0 unspecified atom stereocenters. The first-order valence-corrected chi connectivity index (χ1v) is 16.6. The third-order valence-corrected chi connectivity index (χ3v) is 8.75. The number of nitrogens with zero attached hydrogens (tertiary/aromatic N) is 2. The van der Waals surface area contributed by atoms with E-state index in [9.17, 15) is 18.0 Å². The first-order valence-electron chi connectivity index (χ1n) is 15.1. The average molecular weight is 623 g/mol. The van der Waals surface area contributed by atoms with Crippen molar-refractivity contribution in [1.82, 2.24) is 15.1 Å². The van der Waals surface area contributed by atoms with Gasteiger partial charge < -0.3 is 15.1 Å². The maximum absolute atomic E-state index is 13.5. The minimum absolute atomic E-state index is 0.0169. The number of carbonyl (C=O) groups excluding carboxylic acids is 2. The lowest BCUT2D eigenvalue weighted by Gasteiger charge is -2.22. The highest BCUT2D eigenvalue weighted by Crippen LogP contribution is 2.23. The van der Waals surface area contributed by atoms with Crippen molar-refractivity contribution >= 4 is 27.9 Å². The van der Waals surface area contributed by atoms with Crippen molar-refractivity contribution < 1.29 is 18.0 Å². The van der Waals surface area contributed by atoms with E-state index >= 15 is 0 Å². The van der Waals surface area contributed by atoms with E-state index in [1.54, 1.807) is 29.2 Å². The van der Waals surface area contributed by atoms with E-state index in [1.807, 2.05) is 78.9 Å². The van der Waals surface area contributed by atoms with Gasteiger partial charge in [0.15, 0.2) is 0 Å². The summed E-state index contributed by atoms with van der Waals surface area (Å²) in [4.78, 5) is 30.4. The number of rotatable bonds is 12. The minimum Gasteiger partial charge on any atom is -0.351 e. The van der Waals surface area contributed by atoms with Crippen LogP contribution < -0.4 is 10.5 Å². The Kier molecular flexibility index (Phi) is 10.6. The Labute approximate surface area is 265 Å². The predicted molar refractivity (Wildman–Crippen MR) is 177 cm³/mol. The number of nitrogens with one attached hydrogen (secondary N) is 1. The number of likely N-dealkylation sites (tertiary alicyclic amines) is 1. The Morgan fingerprint density at radius 2 is 1.47 bits per heavy atom. The van der Waals surface area contributed by atoms with E-state index in [0.717, 1.165) is 47.5 Å². The van der Waals surface area contributed by atoms with Crippen LogP contribution in [0.25, 0.3) is 17.2 Å². The molecule has 4 aromatic carbocycles. The van der Waals surface area contributed by atoms with E-state index in [-0.39, 0.29) is 23.3 Å². The molecule has 0 aromatic heterocycles. The number of hydrogen-bond acceptors (Lipinski definition) is 5. The lowest BCUT2D eigenvalue weighted by atomic mass is 10.0. The number of carbonyl (C=O) groups is 2. The molecule has 8 nitrogen and oxygen atoms in total. The summed E-state index contributed by atoms with van der Waals surface area (Å²) in [6.07, 6.45) is 5.76. The maximum atomic E-state index is 13.5. The van der Waals surface area contributed by atoms with Gasteiger partial charge in [-0.1, -0.05) is 72.8 Å². The molecule has 0 spiro atoms. The Hall–Kier alpha value is -4.57. The summed E-state index contributed by atoms with van der Waals surface area (Å²) >= 11 is 0.